The fourth-order valence-corrected chi connectivity index (χ4v) is 5.58. The van der Waals surface area contributed by atoms with Crippen molar-refractivity contribution in [3.05, 3.63) is 65.1 Å². The molecule has 1 amide bonds. The van der Waals surface area contributed by atoms with Crippen LogP contribution in [0.5, 0.6) is 0 Å². The van der Waals surface area contributed by atoms with E-state index in [1.807, 2.05) is 45.0 Å². The van der Waals surface area contributed by atoms with Gasteiger partial charge in [0, 0.05) is 18.0 Å². The first kappa shape index (κ1) is 32.1. The van der Waals surface area contributed by atoms with Crippen LogP contribution < -0.4 is 21.3 Å². The molecule has 12 nitrogen and oxygen atoms in total. The molecule has 4 atom stereocenters. The molecule has 0 unspecified atom stereocenters. The number of esters is 2. The van der Waals surface area contributed by atoms with Gasteiger partial charge in [-0.3, -0.25) is 14.4 Å². The normalized spacial score (nSPS) is 19.1. The molecule has 2 aromatic heterocycles. The summed E-state index contributed by atoms with van der Waals surface area (Å²) in [5, 5.41) is 12.6. The Balaban J connectivity index is 1.24. The molecule has 0 saturated carbocycles. The zero-order chi connectivity index (χ0) is 31.8. The van der Waals surface area contributed by atoms with E-state index in [4.69, 9.17) is 14.5 Å². The molecule has 3 aromatic rings. The Morgan fingerprint density at radius 1 is 1.00 bits per heavy atom. The highest BCUT2D eigenvalue weighted by Crippen LogP contribution is 2.24. The maximum absolute atomic E-state index is 13.4. The maximum Gasteiger partial charge on any atom is 0.323 e. The van der Waals surface area contributed by atoms with Gasteiger partial charge in [-0.2, -0.15) is 0 Å². The Labute approximate surface area is 263 Å². The lowest BCUT2D eigenvalue weighted by molar-refractivity contribution is -0.147. The number of hydrogen-bond donors (Lipinski definition) is 5. The number of carbonyl (C=O) groups excluding carboxylic acids is 3. The molecule has 0 spiro atoms. The third kappa shape index (κ3) is 8.46. The van der Waals surface area contributed by atoms with E-state index < -0.39 is 6.04 Å². The van der Waals surface area contributed by atoms with Gasteiger partial charge in [-0.1, -0.05) is 36.8 Å². The van der Waals surface area contributed by atoms with E-state index in [-0.39, 0.29) is 49.2 Å². The summed E-state index contributed by atoms with van der Waals surface area (Å²) in [4.78, 5) is 50.6. The summed E-state index contributed by atoms with van der Waals surface area (Å²) >= 11 is 0. The van der Waals surface area contributed by atoms with E-state index >= 15 is 0 Å². The number of H-pyrrole nitrogens is 1. The number of ether oxygens (including phenoxy) is 2. The van der Waals surface area contributed by atoms with Crippen molar-refractivity contribution in [2.75, 3.05) is 31.6 Å². The van der Waals surface area contributed by atoms with Crippen LogP contribution in [-0.4, -0.2) is 77.2 Å². The van der Waals surface area contributed by atoms with Crippen molar-refractivity contribution in [1.29, 1.82) is 0 Å². The third-order valence-corrected chi connectivity index (χ3v) is 8.26. The van der Waals surface area contributed by atoms with Crippen molar-refractivity contribution in [1.82, 2.24) is 30.9 Å². The number of carbonyl (C=O) groups is 3. The smallest absolute Gasteiger partial charge is 0.323 e. The number of benzene rings is 1. The molecule has 240 valence electrons. The van der Waals surface area contributed by atoms with Crippen molar-refractivity contribution in [3.8, 4) is 11.3 Å². The van der Waals surface area contributed by atoms with Crippen molar-refractivity contribution in [2.45, 2.75) is 77.0 Å². The summed E-state index contributed by atoms with van der Waals surface area (Å²) in [5.41, 5.74) is 4.45. The molecule has 5 rings (SSSR count). The number of nitrogens with zero attached hydrogens (tertiary/aromatic N) is 2. The molecule has 45 heavy (non-hydrogen) atoms. The van der Waals surface area contributed by atoms with Crippen molar-refractivity contribution >= 4 is 23.8 Å². The lowest BCUT2D eigenvalue weighted by atomic mass is 10.0. The molecule has 2 aliphatic rings. The minimum atomic E-state index is -0.532. The topological polar surface area (TPSA) is 159 Å². The largest absolute Gasteiger partial charge is 0.462 e. The van der Waals surface area contributed by atoms with Gasteiger partial charge >= 0.3 is 11.9 Å². The first-order valence-corrected chi connectivity index (χ1v) is 15.8. The Kier molecular flexibility index (Phi) is 10.8. The molecule has 0 bridgehead atoms. The summed E-state index contributed by atoms with van der Waals surface area (Å²) in [6.45, 7) is 7.74. The molecule has 2 fully saturated rings. The van der Waals surface area contributed by atoms with Crippen LogP contribution in [0.4, 0.5) is 5.95 Å². The number of anilines is 1. The SMILES string of the molecule is CC[C@H](COC(=O)[C@@H]1CCCN1)Nc1ncc(C)c(-c2c[nH]c(C(=O)N[C@H](COC(=O)[C@@H]3CCCN3)c3cccc(C)c3)c2)n1. The van der Waals surface area contributed by atoms with E-state index in [1.54, 1.807) is 18.5 Å². The summed E-state index contributed by atoms with van der Waals surface area (Å²) in [5.74, 6) is -0.468. The molecule has 5 N–H and O–H groups in total. The summed E-state index contributed by atoms with van der Waals surface area (Å²) in [6.07, 6.45) is 7.61. The lowest BCUT2D eigenvalue weighted by Gasteiger charge is -2.20. The summed E-state index contributed by atoms with van der Waals surface area (Å²) in [6, 6.07) is 8.29. The second-order valence-electron chi connectivity index (χ2n) is 11.8. The van der Waals surface area contributed by atoms with Crippen LogP contribution in [0.15, 0.2) is 42.7 Å². The minimum Gasteiger partial charge on any atom is -0.462 e. The molecule has 2 aliphatic heterocycles. The Bertz CT molecular complexity index is 1480. The highest BCUT2D eigenvalue weighted by atomic mass is 16.5. The third-order valence-electron chi connectivity index (χ3n) is 8.26. The van der Waals surface area contributed by atoms with Gasteiger partial charge in [0.15, 0.2) is 0 Å². The van der Waals surface area contributed by atoms with Gasteiger partial charge in [-0.25, -0.2) is 9.97 Å². The maximum atomic E-state index is 13.4. The lowest BCUT2D eigenvalue weighted by Crippen LogP contribution is -2.36. The Morgan fingerprint density at radius 2 is 1.71 bits per heavy atom. The van der Waals surface area contributed by atoms with E-state index in [0.717, 1.165) is 61.0 Å². The van der Waals surface area contributed by atoms with Crippen molar-refractivity contribution in [2.24, 2.45) is 0 Å². The molecular formula is C33H43N7O5. The van der Waals surface area contributed by atoms with E-state index in [1.165, 1.54) is 0 Å². The number of aromatic nitrogens is 3. The van der Waals surface area contributed by atoms with Crippen LogP contribution in [0.25, 0.3) is 11.3 Å². The van der Waals surface area contributed by atoms with Crippen LogP contribution in [-0.2, 0) is 19.1 Å². The Morgan fingerprint density at radius 3 is 2.36 bits per heavy atom. The Hall–Kier alpha value is -4.29. The molecular weight excluding hydrogens is 574 g/mol. The van der Waals surface area contributed by atoms with Gasteiger partial charge in [0.1, 0.15) is 31.0 Å². The predicted molar refractivity (Wildman–Crippen MR) is 170 cm³/mol. The van der Waals surface area contributed by atoms with Crippen LogP contribution in [0.2, 0.25) is 0 Å². The fraction of sp³-hybridized carbons (Fsp3) is 0.485. The second-order valence-corrected chi connectivity index (χ2v) is 11.8. The minimum absolute atomic E-state index is 0.0187. The van der Waals surface area contributed by atoms with Gasteiger partial charge in [0.2, 0.25) is 5.95 Å². The van der Waals surface area contributed by atoms with Crippen molar-refractivity contribution in [3.63, 3.8) is 0 Å². The van der Waals surface area contributed by atoms with E-state index in [2.05, 4.69) is 31.2 Å². The van der Waals surface area contributed by atoms with Crippen LogP contribution in [0.1, 0.15) is 72.2 Å². The number of rotatable bonds is 13. The average Bonchev–Trinajstić information content (AvgIpc) is 3.85. The number of amides is 1. The average molecular weight is 618 g/mol. The second kappa shape index (κ2) is 15.1. The number of hydrogen-bond acceptors (Lipinski definition) is 10. The highest BCUT2D eigenvalue weighted by Gasteiger charge is 2.27. The van der Waals surface area contributed by atoms with Gasteiger partial charge in [0.25, 0.3) is 5.91 Å². The zero-order valence-corrected chi connectivity index (χ0v) is 26.2. The molecule has 1 aromatic carbocycles. The van der Waals surface area contributed by atoms with E-state index in [0.29, 0.717) is 23.8 Å². The predicted octanol–water partition coefficient (Wildman–Crippen LogP) is 3.34. The molecule has 2 saturated heterocycles. The van der Waals surface area contributed by atoms with Crippen LogP contribution >= 0.6 is 0 Å². The van der Waals surface area contributed by atoms with Crippen molar-refractivity contribution < 1.29 is 23.9 Å². The summed E-state index contributed by atoms with van der Waals surface area (Å²) < 4.78 is 11.2. The molecule has 4 heterocycles. The van der Waals surface area contributed by atoms with Crippen LogP contribution in [0.3, 0.4) is 0 Å². The first-order chi connectivity index (χ1) is 21.8. The monoisotopic (exact) mass is 617 g/mol. The van der Waals surface area contributed by atoms with E-state index in [9.17, 15) is 14.4 Å². The standard InChI is InChI=1S/C33H43N7O5/c1-4-24(18-44-31(42)25-10-6-12-34-25)38-33-37-16-21(3)29(40-33)23-15-27(36-17-23)30(41)39-28(22-9-5-8-20(2)14-22)19-45-32(43)26-11-7-13-35-26/h5,8-9,14-17,24-26,28,34-36H,4,6-7,10-13,18-19H2,1-3H3,(H,39,41)(H,37,38,40)/t24-,25+,26+,28-/m1/s1. The van der Waals surface area contributed by atoms with Gasteiger partial charge in [-0.05, 0) is 76.2 Å². The summed E-state index contributed by atoms with van der Waals surface area (Å²) in [7, 11) is 0. The fourth-order valence-electron chi connectivity index (χ4n) is 5.58. The van der Waals surface area contributed by atoms with Gasteiger partial charge in [-0.15, -0.1) is 0 Å². The molecule has 0 radical (unpaired) electrons. The number of aromatic amines is 1. The number of aryl methyl sites for hydroxylation is 2. The van der Waals surface area contributed by atoms with Gasteiger partial charge < -0.3 is 35.7 Å². The first-order valence-electron chi connectivity index (χ1n) is 15.8. The zero-order valence-electron chi connectivity index (χ0n) is 26.2. The molecule has 0 aliphatic carbocycles. The molecule has 12 heteroatoms. The number of nitrogens with one attached hydrogen (secondary N) is 5. The quantitative estimate of drug-likeness (QED) is 0.180. The van der Waals surface area contributed by atoms with Crippen LogP contribution in [0, 0.1) is 13.8 Å². The van der Waals surface area contributed by atoms with Gasteiger partial charge in [0.05, 0.1) is 17.8 Å². The highest BCUT2D eigenvalue weighted by molar-refractivity contribution is 5.94.